The second kappa shape index (κ2) is 5.61. The highest BCUT2D eigenvalue weighted by molar-refractivity contribution is 6.04. The number of para-hydroxylation sites is 1. The van der Waals surface area contributed by atoms with E-state index in [1.54, 1.807) is 36.4 Å². The molecule has 3 amide bonds. The monoisotopic (exact) mass is 295 g/mol. The van der Waals surface area contributed by atoms with Gasteiger partial charge in [0.25, 0.3) is 5.91 Å². The molecule has 1 aromatic heterocycles. The number of urea groups is 1. The van der Waals surface area contributed by atoms with Gasteiger partial charge in [-0.05, 0) is 36.4 Å². The van der Waals surface area contributed by atoms with Gasteiger partial charge in [-0.3, -0.25) is 4.79 Å². The number of hydrogen-bond donors (Lipinski definition) is 3. The summed E-state index contributed by atoms with van der Waals surface area (Å²) in [6, 6.07) is 15.0. The Kier molecular flexibility index (Phi) is 3.49. The minimum atomic E-state index is -0.640. The molecule has 1 heterocycles. The number of nitrogens with one attached hydrogen (secondary N) is 2. The number of benzene rings is 2. The van der Waals surface area contributed by atoms with Crippen LogP contribution in [0.4, 0.5) is 16.2 Å². The number of amides is 3. The van der Waals surface area contributed by atoms with Crippen molar-refractivity contribution < 1.29 is 14.0 Å². The van der Waals surface area contributed by atoms with Gasteiger partial charge in [0.15, 0.2) is 5.76 Å². The average molecular weight is 295 g/mol. The molecular weight excluding hydrogens is 282 g/mol. The standard InChI is InChI=1S/C16H13N3O3/c17-16(21)19-12-7-5-11(6-8-12)18-15(20)14-9-10-3-1-2-4-13(10)22-14/h1-9H,(H,18,20)(H3,17,19,21). The molecule has 0 unspecified atom stereocenters. The molecule has 3 rings (SSSR count). The Morgan fingerprint density at radius 3 is 2.18 bits per heavy atom. The highest BCUT2D eigenvalue weighted by Crippen LogP contribution is 2.20. The molecule has 0 spiro atoms. The molecule has 3 aromatic rings. The van der Waals surface area contributed by atoms with Crippen molar-refractivity contribution in [3.05, 3.63) is 60.4 Å². The third-order valence-corrected chi connectivity index (χ3v) is 3.06. The fourth-order valence-corrected chi connectivity index (χ4v) is 2.07. The third-order valence-electron chi connectivity index (χ3n) is 3.06. The Morgan fingerprint density at radius 2 is 1.55 bits per heavy atom. The van der Waals surface area contributed by atoms with Crippen LogP contribution in [0.5, 0.6) is 0 Å². The quantitative estimate of drug-likeness (QED) is 0.692. The second-order valence-corrected chi connectivity index (χ2v) is 4.67. The van der Waals surface area contributed by atoms with Crippen molar-refractivity contribution in [3.8, 4) is 0 Å². The highest BCUT2D eigenvalue weighted by Gasteiger charge is 2.12. The van der Waals surface area contributed by atoms with E-state index in [-0.39, 0.29) is 11.7 Å². The molecule has 110 valence electrons. The zero-order chi connectivity index (χ0) is 15.5. The van der Waals surface area contributed by atoms with E-state index in [1.165, 1.54) is 0 Å². The van der Waals surface area contributed by atoms with Crippen LogP contribution < -0.4 is 16.4 Å². The summed E-state index contributed by atoms with van der Waals surface area (Å²) in [5, 5.41) is 6.03. The first kappa shape index (κ1) is 13.7. The largest absolute Gasteiger partial charge is 0.451 e. The molecule has 4 N–H and O–H groups in total. The maximum atomic E-state index is 12.2. The van der Waals surface area contributed by atoms with E-state index in [9.17, 15) is 9.59 Å². The minimum absolute atomic E-state index is 0.237. The molecule has 0 aliphatic heterocycles. The first-order chi connectivity index (χ1) is 10.6. The van der Waals surface area contributed by atoms with Crippen molar-refractivity contribution in [3.63, 3.8) is 0 Å². The smallest absolute Gasteiger partial charge is 0.316 e. The fraction of sp³-hybridized carbons (Fsp3) is 0. The van der Waals surface area contributed by atoms with E-state index in [1.807, 2.05) is 18.2 Å². The number of rotatable bonds is 3. The molecule has 22 heavy (non-hydrogen) atoms. The van der Waals surface area contributed by atoms with E-state index in [2.05, 4.69) is 10.6 Å². The van der Waals surface area contributed by atoms with E-state index in [0.717, 1.165) is 5.39 Å². The van der Waals surface area contributed by atoms with Crippen LogP contribution in [-0.4, -0.2) is 11.9 Å². The maximum Gasteiger partial charge on any atom is 0.316 e. The number of furan rings is 1. The Bertz CT molecular complexity index is 804. The van der Waals surface area contributed by atoms with Gasteiger partial charge in [-0.1, -0.05) is 18.2 Å². The summed E-state index contributed by atoms with van der Waals surface area (Å²) >= 11 is 0. The van der Waals surface area contributed by atoms with Gasteiger partial charge in [0.1, 0.15) is 5.58 Å². The molecule has 6 nitrogen and oxygen atoms in total. The molecule has 0 bridgehead atoms. The normalized spacial score (nSPS) is 10.4. The lowest BCUT2D eigenvalue weighted by Crippen LogP contribution is -2.19. The Morgan fingerprint density at radius 1 is 0.909 bits per heavy atom. The zero-order valence-electron chi connectivity index (χ0n) is 11.5. The molecule has 0 saturated carbocycles. The van der Waals surface area contributed by atoms with Gasteiger partial charge in [-0.25, -0.2) is 4.79 Å². The van der Waals surface area contributed by atoms with Crippen LogP contribution in [0, 0.1) is 0 Å². The van der Waals surface area contributed by atoms with Crippen LogP contribution >= 0.6 is 0 Å². The topological polar surface area (TPSA) is 97.4 Å². The molecule has 0 radical (unpaired) electrons. The zero-order valence-corrected chi connectivity index (χ0v) is 11.5. The van der Waals surface area contributed by atoms with Gasteiger partial charge < -0.3 is 20.8 Å². The van der Waals surface area contributed by atoms with Gasteiger partial charge >= 0.3 is 6.03 Å². The van der Waals surface area contributed by atoms with Crippen LogP contribution in [0.2, 0.25) is 0 Å². The Labute approximate surface area is 125 Å². The Balaban J connectivity index is 1.74. The first-order valence-electron chi connectivity index (χ1n) is 6.58. The van der Waals surface area contributed by atoms with Gasteiger partial charge in [0.2, 0.25) is 0 Å². The lowest BCUT2D eigenvalue weighted by molar-refractivity contribution is 0.0998. The van der Waals surface area contributed by atoms with E-state index >= 15 is 0 Å². The van der Waals surface area contributed by atoms with Gasteiger partial charge in [-0.2, -0.15) is 0 Å². The predicted octanol–water partition coefficient (Wildman–Crippen LogP) is 3.18. The molecular formula is C16H13N3O3. The maximum absolute atomic E-state index is 12.2. The molecule has 0 atom stereocenters. The van der Waals surface area contributed by atoms with E-state index in [4.69, 9.17) is 10.2 Å². The molecule has 0 aliphatic rings. The van der Waals surface area contributed by atoms with Crippen LogP contribution in [0.1, 0.15) is 10.6 Å². The SMILES string of the molecule is NC(=O)Nc1ccc(NC(=O)c2cc3ccccc3o2)cc1. The van der Waals surface area contributed by atoms with Crippen LogP contribution in [-0.2, 0) is 0 Å². The average Bonchev–Trinajstić information content (AvgIpc) is 2.93. The third kappa shape index (κ3) is 2.90. The number of primary amides is 1. The summed E-state index contributed by atoms with van der Waals surface area (Å²) in [6.07, 6.45) is 0. The van der Waals surface area contributed by atoms with Crippen molar-refractivity contribution in [2.45, 2.75) is 0 Å². The molecule has 0 aliphatic carbocycles. The predicted molar refractivity (Wildman–Crippen MR) is 83.8 cm³/mol. The number of carbonyl (C=O) groups is 2. The minimum Gasteiger partial charge on any atom is -0.451 e. The number of nitrogens with two attached hydrogens (primary N) is 1. The number of anilines is 2. The summed E-state index contributed by atoms with van der Waals surface area (Å²) in [5.74, 6) is -0.104. The molecule has 2 aromatic carbocycles. The summed E-state index contributed by atoms with van der Waals surface area (Å²) in [6.45, 7) is 0. The van der Waals surface area contributed by atoms with Crippen molar-refractivity contribution in [2.75, 3.05) is 10.6 Å². The van der Waals surface area contributed by atoms with E-state index < -0.39 is 6.03 Å². The van der Waals surface area contributed by atoms with Crippen molar-refractivity contribution in [1.82, 2.24) is 0 Å². The van der Waals surface area contributed by atoms with Crippen molar-refractivity contribution in [2.24, 2.45) is 5.73 Å². The number of fused-ring (bicyclic) bond motifs is 1. The molecule has 6 heteroatoms. The molecule has 0 saturated heterocycles. The molecule has 0 fully saturated rings. The van der Waals surface area contributed by atoms with Gasteiger partial charge in [-0.15, -0.1) is 0 Å². The number of carbonyl (C=O) groups excluding carboxylic acids is 2. The lowest BCUT2D eigenvalue weighted by atomic mass is 10.2. The van der Waals surface area contributed by atoms with Gasteiger partial charge in [0, 0.05) is 16.8 Å². The fourth-order valence-electron chi connectivity index (χ4n) is 2.07. The second-order valence-electron chi connectivity index (χ2n) is 4.67. The van der Waals surface area contributed by atoms with Crippen LogP contribution in [0.3, 0.4) is 0 Å². The van der Waals surface area contributed by atoms with Gasteiger partial charge in [0.05, 0.1) is 0 Å². The first-order valence-corrected chi connectivity index (χ1v) is 6.58. The van der Waals surface area contributed by atoms with Crippen molar-refractivity contribution in [1.29, 1.82) is 0 Å². The summed E-state index contributed by atoms with van der Waals surface area (Å²) in [5.41, 5.74) is 6.82. The lowest BCUT2D eigenvalue weighted by Gasteiger charge is -2.05. The summed E-state index contributed by atoms with van der Waals surface area (Å²) < 4.78 is 5.49. The Hall–Kier alpha value is -3.28. The summed E-state index contributed by atoms with van der Waals surface area (Å²) in [4.78, 5) is 22.9. The van der Waals surface area contributed by atoms with Crippen LogP contribution in [0.15, 0.2) is 59.0 Å². The van der Waals surface area contributed by atoms with E-state index in [0.29, 0.717) is 17.0 Å². The van der Waals surface area contributed by atoms with Crippen molar-refractivity contribution >= 4 is 34.3 Å². The van der Waals surface area contributed by atoms with Crippen LogP contribution in [0.25, 0.3) is 11.0 Å². The number of hydrogen-bond acceptors (Lipinski definition) is 3. The highest BCUT2D eigenvalue weighted by atomic mass is 16.3. The summed E-state index contributed by atoms with van der Waals surface area (Å²) in [7, 11) is 0.